The van der Waals surface area contributed by atoms with Crippen molar-refractivity contribution in [3.63, 3.8) is 0 Å². The van der Waals surface area contributed by atoms with E-state index in [0.717, 1.165) is 12.9 Å². The van der Waals surface area contributed by atoms with Crippen LogP contribution in [0, 0.1) is 17.9 Å². The van der Waals surface area contributed by atoms with Crippen molar-refractivity contribution >= 4 is 141 Å². The minimum absolute atomic E-state index is 0.765. The molecule has 1 atom stereocenters. The number of ether oxygens (including phenoxy) is 1. The van der Waals surface area contributed by atoms with Gasteiger partial charge in [-0.25, -0.2) is 0 Å². The first-order valence-corrected chi connectivity index (χ1v) is 10.2. The molecule has 0 aromatic heterocycles. The lowest BCUT2D eigenvalue weighted by molar-refractivity contribution is 0.257. The Kier molecular flexibility index (Phi) is 7.64. The van der Waals surface area contributed by atoms with Gasteiger partial charge in [0.2, 0.25) is 16.3 Å². The van der Waals surface area contributed by atoms with Crippen LogP contribution in [0.3, 0.4) is 0 Å². The molecule has 1 aromatic rings. The van der Waals surface area contributed by atoms with E-state index in [9.17, 15) is 0 Å². The van der Waals surface area contributed by atoms with Gasteiger partial charge in [-0.05, 0) is 120 Å². The summed E-state index contributed by atoms with van der Waals surface area (Å²) in [4.78, 5) is 0. The lowest BCUT2D eigenvalue weighted by Gasteiger charge is -2.24. The van der Waals surface area contributed by atoms with Crippen LogP contribution in [0.4, 0.5) is 0 Å². The number of hydrogen-bond donors (Lipinski definition) is 0. The van der Waals surface area contributed by atoms with E-state index in [2.05, 4.69) is 129 Å². The second-order valence-electron chi connectivity index (χ2n) is 2.99. The molecule has 0 saturated carbocycles. The minimum Gasteiger partial charge on any atom is -0.489 e. The van der Waals surface area contributed by atoms with Crippen LogP contribution < -0.4 is 4.74 Å². The number of rotatable bonds is 2. The maximum absolute atomic E-state index is 6.08. The smallest absolute Gasteiger partial charge is 0.226 e. The quantitative estimate of drug-likeness (QED) is 0.132. The van der Waals surface area contributed by atoms with Crippen LogP contribution in [0.2, 0.25) is 0 Å². The van der Waals surface area contributed by atoms with E-state index in [1.54, 1.807) is 0 Å². The van der Waals surface area contributed by atoms with Crippen LogP contribution in [0.15, 0.2) is 0 Å². The molecule has 0 aliphatic carbocycles. The molecule has 0 fully saturated rings. The molecule has 0 aliphatic rings. The van der Waals surface area contributed by atoms with Crippen molar-refractivity contribution in [2.75, 3.05) is 0 Å². The molecule has 1 aromatic carbocycles. The van der Waals surface area contributed by atoms with E-state index in [4.69, 9.17) is 16.3 Å². The highest BCUT2D eigenvalue weighted by atomic mass is 127. The van der Waals surface area contributed by atoms with E-state index in [0.29, 0.717) is 0 Å². The van der Waals surface area contributed by atoms with Gasteiger partial charge >= 0.3 is 0 Å². The van der Waals surface area contributed by atoms with Crippen LogP contribution in [0.25, 0.3) is 0 Å². The van der Waals surface area contributed by atoms with Gasteiger partial charge in [-0.3, -0.25) is 0 Å². The summed E-state index contributed by atoms with van der Waals surface area (Å²) in [6.45, 7) is 1.81. The summed E-state index contributed by atoms with van der Waals surface area (Å²) in [5.41, 5.74) is 0. The van der Waals surface area contributed by atoms with E-state index < -0.39 is 3.92 Å². The third-order valence-electron chi connectivity index (χ3n) is 1.47. The standard InChI is InChI=1S/C8H3ClI5O.Al/c1-2(9)15-8-6(13)4(11)3(10)5(12)7(8)14;/h1H3;. The summed E-state index contributed by atoms with van der Waals surface area (Å²) >= 11 is 20.2. The average Bonchev–Trinajstić information content (AvgIpc) is 2.17. The summed E-state index contributed by atoms with van der Waals surface area (Å²) in [6.07, 6.45) is 0. The Morgan fingerprint density at radius 2 is 1.25 bits per heavy atom. The first-order chi connectivity index (χ1) is 7.15. The average molecular weight is 812 g/mol. The van der Waals surface area contributed by atoms with Crippen molar-refractivity contribution in [2.24, 2.45) is 0 Å². The third kappa shape index (κ3) is 4.51. The molecule has 0 saturated heterocycles. The monoisotopic (exact) mass is 811 g/mol. The maximum Gasteiger partial charge on any atom is 0.226 e. The molecule has 0 N–H and O–H groups in total. The minimum atomic E-state index is -0.765. The highest BCUT2D eigenvalue weighted by Crippen LogP contribution is 2.39. The molecule has 0 aliphatic heterocycles. The largest absolute Gasteiger partial charge is 0.489 e. The number of alkyl halides is 1. The zero-order valence-electron chi connectivity index (χ0n) is 7.75. The van der Waals surface area contributed by atoms with Gasteiger partial charge in [-0.1, -0.05) is 11.6 Å². The Morgan fingerprint density at radius 1 is 0.938 bits per heavy atom. The predicted molar refractivity (Wildman–Crippen MR) is 111 cm³/mol. The molecule has 16 heavy (non-hydrogen) atoms. The fourth-order valence-corrected chi connectivity index (χ4v) is 6.00. The summed E-state index contributed by atoms with van der Waals surface area (Å²) in [6, 6.07) is 0. The van der Waals surface area contributed by atoms with Gasteiger partial charge in [-0.15, -0.1) is 0 Å². The Labute approximate surface area is 176 Å². The van der Waals surface area contributed by atoms with Gasteiger partial charge in [0.15, 0.2) is 0 Å². The zero-order valence-corrected chi connectivity index (χ0v) is 20.5. The van der Waals surface area contributed by atoms with Crippen molar-refractivity contribution in [2.45, 2.75) is 10.8 Å². The van der Waals surface area contributed by atoms with Gasteiger partial charge in [0.25, 0.3) is 0 Å². The van der Waals surface area contributed by atoms with Crippen molar-refractivity contribution in [1.82, 2.24) is 0 Å². The fraction of sp³-hybridized carbons (Fsp3) is 0.250. The van der Waals surface area contributed by atoms with Crippen molar-refractivity contribution in [1.29, 1.82) is 0 Å². The van der Waals surface area contributed by atoms with Gasteiger partial charge in [0.1, 0.15) is 5.75 Å². The molecule has 86 valence electrons. The molecule has 2 radical (unpaired) electrons. The Balaban J connectivity index is 3.40. The number of halogens is 6. The lowest BCUT2D eigenvalue weighted by atomic mass is 10.3. The molecule has 0 spiro atoms. The third-order valence-corrected chi connectivity index (χ3v) is 11.1. The van der Waals surface area contributed by atoms with Gasteiger partial charge < -0.3 is 4.74 Å². The molecular formula is C8H3AlClI5O. The topological polar surface area (TPSA) is 9.23 Å². The van der Waals surface area contributed by atoms with E-state index in [-0.39, 0.29) is 0 Å². The maximum atomic E-state index is 6.08. The van der Waals surface area contributed by atoms with Crippen molar-refractivity contribution < 1.29 is 4.74 Å². The summed E-state index contributed by atoms with van der Waals surface area (Å²) < 4.78 is 10.9. The Bertz CT molecular complexity index is 402. The second kappa shape index (κ2) is 6.97. The highest BCUT2D eigenvalue weighted by molar-refractivity contribution is 14.1. The summed E-state index contributed by atoms with van der Waals surface area (Å²) in [5.74, 6) is 0.864. The van der Waals surface area contributed by atoms with Gasteiger partial charge in [-0.2, -0.15) is 0 Å². The van der Waals surface area contributed by atoms with Crippen LogP contribution in [0.5, 0.6) is 5.75 Å². The van der Waals surface area contributed by atoms with Gasteiger partial charge in [0, 0.05) is 10.7 Å². The first-order valence-electron chi connectivity index (χ1n) is 3.83. The first kappa shape index (κ1) is 17.5. The molecule has 0 amide bonds. The second-order valence-corrected chi connectivity index (χ2v) is 10.6. The van der Waals surface area contributed by atoms with Crippen LogP contribution in [0.1, 0.15) is 6.92 Å². The van der Waals surface area contributed by atoms with E-state index >= 15 is 0 Å². The van der Waals surface area contributed by atoms with Crippen LogP contribution in [-0.2, 0) is 0 Å². The summed E-state index contributed by atoms with van der Waals surface area (Å²) in [7, 11) is 0. The van der Waals surface area contributed by atoms with E-state index in [1.165, 1.54) is 10.7 Å². The molecule has 1 nitrogen and oxygen atoms in total. The highest BCUT2D eigenvalue weighted by Gasteiger charge is 2.22. The molecule has 0 bridgehead atoms. The molecule has 8 heteroatoms. The van der Waals surface area contributed by atoms with Gasteiger partial charge in [0.05, 0.1) is 11.1 Å². The Hall–Kier alpha value is 3.49. The molecule has 1 unspecified atom stereocenters. The number of benzene rings is 1. The summed E-state index contributed by atoms with van der Waals surface area (Å²) in [5, 5.41) is 0. The zero-order chi connectivity index (χ0) is 12.7. The van der Waals surface area contributed by atoms with Crippen LogP contribution >= 0.6 is 125 Å². The van der Waals surface area contributed by atoms with E-state index in [1.807, 2.05) is 6.92 Å². The number of hydrogen-bond acceptors (Lipinski definition) is 1. The Morgan fingerprint density at radius 3 is 1.56 bits per heavy atom. The lowest BCUT2D eigenvalue weighted by Crippen LogP contribution is -2.26. The molecule has 1 rings (SSSR count). The van der Waals surface area contributed by atoms with Crippen LogP contribution in [-0.4, -0.2) is 20.2 Å². The molecular weight excluding hydrogens is 809 g/mol. The SMILES string of the molecule is C[C]([Al])(Cl)Oc1c(I)c(I)c(I)c(I)c1I. The fourth-order valence-electron chi connectivity index (χ4n) is 0.874. The normalized spacial score (nSPS) is 14.7. The molecule has 0 heterocycles. The predicted octanol–water partition coefficient (Wildman–Crippen LogP) is 5.17. The van der Waals surface area contributed by atoms with Crippen molar-refractivity contribution in [3.8, 4) is 5.75 Å². The van der Waals surface area contributed by atoms with Crippen molar-refractivity contribution in [3.05, 3.63) is 17.9 Å².